The van der Waals surface area contributed by atoms with Crippen LogP contribution >= 0.6 is 0 Å². The Morgan fingerprint density at radius 1 is 1.35 bits per heavy atom. The summed E-state index contributed by atoms with van der Waals surface area (Å²) in [4.78, 5) is 0. The van der Waals surface area contributed by atoms with Crippen LogP contribution in [-0.4, -0.2) is 31.8 Å². The number of hydrogen-bond donors (Lipinski definition) is 2. The fourth-order valence-corrected chi connectivity index (χ4v) is 2.63. The van der Waals surface area contributed by atoms with Gasteiger partial charge in [0.1, 0.15) is 0 Å². The first-order valence-corrected chi connectivity index (χ1v) is 7.86. The summed E-state index contributed by atoms with van der Waals surface area (Å²) in [5.41, 5.74) is 4.23. The molecule has 1 atom stereocenters. The van der Waals surface area contributed by atoms with E-state index < -0.39 is 0 Å². The largest absolute Gasteiger partial charge is 0.382 e. The van der Waals surface area contributed by atoms with E-state index in [1.807, 2.05) is 0 Å². The molecule has 0 saturated carbocycles. The first-order valence-electron chi connectivity index (χ1n) is 7.86. The van der Waals surface area contributed by atoms with Gasteiger partial charge in [-0.15, -0.1) is 0 Å². The Balaban J connectivity index is 1.62. The topological polar surface area (TPSA) is 33.3 Å². The summed E-state index contributed by atoms with van der Waals surface area (Å²) in [5, 5.41) is 6.98. The molecule has 20 heavy (non-hydrogen) atoms. The van der Waals surface area contributed by atoms with Gasteiger partial charge in [-0.3, -0.25) is 0 Å². The minimum absolute atomic E-state index is 0.345. The molecule has 0 fully saturated rings. The van der Waals surface area contributed by atoms with E-state index in [0.717, 1.165) is 39.0 Å². The van der Waals surface area contributed by atoms with Crippen molar-refractivity contribution in [2.45, 2.75) is 52.2 Å². The molecule has 0 bridgehead atoms. The van der Waals surface area contributed by atoms with Crippen molar-refractivity contribution in [3.8, 4) is 0 Å². The third kappa shape index (κ3) is 4.80. The van der Waals surface area contributed by atoms with E-state index in [0.29, 0.717) is 12.1 Å². The van der Waals surface area contributed by atoms with Crippen LogP contribution in [-0.2, 0) is 17.6 Å². The molecule has 0 aromatic heterocycles. The Kier molecular flexibility index (Phi) is 5.86. The van der Waals surface area contributed by atoms with Gasteiger partial charge in [0.15, 0.2) is 0 Å². The number of hydrogen-bond acceptors (Lipinski definition) is 3. The van der Waals surface area contributed by atoms with E-state index in [1.54, 1.807) is 0 Å². The lowest BCUT2D eigenvalue weighted by atomic mass is 10.0. The highest BCUT2D eigenvalue weighted by Crippen LogP contribution is 2.26. The summed E-state index contributed by atoms with van der Waals surface area (Å²) in [6.45, 7) is 9.33. The number of rotatable bonds is 8. The molecule has 1 heterocycles. The monoisotopic (exact) mass is 276 g/mol. The van der Waals surface area contributed by atoms with Crippen molar-refractivity contribution < 1.29 is 4.74 Å². The van der Waals surface area contributed by atoms with Gasteiger partial charge >= 0.3 is 0 Å². The molecule has 1 unspecified atom stereocenters. The minimum Gasteiger partial charge on any atom is -0.382 e. The fraction of sp³-hybridized carbons (Fsp3) is 0.647. The zero-order chi connectivity index (χ0) is 14.4. The van der Waals surface area contributed by atoms with E-state index in [2.05, 4.69) is 49.6 Å². The summed E-state index contributed by atoms with van der Waals surface area (Å²) >= 11 is 0. The quantitative estimate of drug-likeness (QED) is 0.716. The maximum atomic E-state index is 5.52. The Labute approximate surface area is 123 Å². The number of fused-ring (bicyclic) bond motifs is 1. The summed E-state index contributed by atoms with van der Waals surface area (Å²) in [7, 11) is 0. The van der Waals surface area contributed by atoms with Gasteiger partial charge in [0, 0.05) is 18.3 Å². The van der Waals surface area contributed by atoms with E-state index in [1.165, 1.54) is 16.8 Å². The molecule has 3 heteroatoms. The van der Waals surface area contributed by atoms with Crippen LogP contribution in [0.15, 0.2) is 18.2 Å². The van der Waals surface area contributed by atoms with Crippen molar-refractivity contribution in [1.29, 1.82) is 0 Å². The van der Waals surface area contributed by atoms with Crippen molar-refractivity contribution in [3.05, 3.63) is 29.3 Å². The normalized spacial score (nSPS) is 17.3. The maximum Gasteiger partial charge on any atom is 0.0518 e. The van der Waals surface area contributed by atoms with Crippen LogP contribution in [0.3, 0.4) is 0 Å². The van der Waals surface area contributed by atoms with Crippen molar-refractivity contribution in [2.75, 3.05) is 25.0 Å². The van der Waals surface area contributed by atoms with Gasteiger partial charge in [-0.05, 0) is 70.3 Å². The van der Waals surface area contributed by atoms with Gasteiger partial charge in [-0.1, -0.05) is 12.1 Å². The van der Waals surface area contributed by atoms with Crippen LogP contribution in [0.1, 0.15) is 38.3 Å². The second-order valence-electron chi connectivity index (χ2n) is 6.01. The molecule has 2 N–H and O–H groups in total. The lowest BCUT2D eigenvalue weighted by Crippen LogP contribution is -2.20. The zero-order valence-electron chi connectivity index (χ0n) is 13.0. The number of anilines is 1. The van der Waals surface area contributed by atoms with Gasteiger partial charge < -0.3 is 15.4 Å². The molecule has 0 aliphatic carbocycles. The molecule has 0 amide bonds. The van der Waals surface area contributed by atoms with Crippen molar-refractivity contribution >= 4 is 5.69 Å². The van der Waals surface area contributed by atoms with Crippen LogP contribution < -0.4 is 10.6 Å². The molecule has 1 aromatic rings. The van der Waals surface area contributed by atoms with Gasteiger partial charge in [-0.2, -0.15) is 0 Å². The van der Waals surface area contributed by atoms with E-state index in [-0.39, 0.29) is 0 Å². The fourth-order valence-electron chi connectivity index (χ4n) is 2.63. The Hall–Kier alpha value is -1.06. The first-order chi connectivity index (χ1) is 9.65. The smallest absolute Gasteiger partial charge is 0.0518 e. The molecule has 0 spiro atoms. The Morgan fingerprint density at radius 3 is 3.00 bits per heavy atom. The average molecular weight is 276 g/mol. The third-order valence-electron chi connectivity index (χ3n) is 3.64. The minimum atomic E-state index is 0.345. The van der Waals surface area contributed by atoms with Gasteiger partial charge in [0.25, 0.3) is 0 Å². The molecule has 0 radical (unpaired) electrons. The summed E-state index contributed by atoms with van der Waals surface area (Å²) in [6, 6.07) is 7.41. The summed E-state index contributed by atoms with van der Waals surface area (Å²) in [5.74, 6) is 0. The molecule has 0 saturated heterocycles. The molecular formula is C17H28N2O. The highest BCUT2D eigenvalue weighted by atomic mass is 16.5. The van der Waals surface area contributed by atoms with Crippen LogP contribution in [0.5, 0.6) is 0 Å². The molecule has 2 rings (SSSR count). The highest BCUT2D eigenvalue weighted by Gasteiger charge is 2.16. The number of ether oxygens (including phenoxy) is 1. The molecule has 1 aromatic carbocycles. The van der Waals surface area contributed by atoms with Gasteiger partial charge in [0.05, 0.1) is 6.10 Å². The highest BCUT2D eigenvalue weighted by molar-refractivity contribution is 5.57. The molecule has 1 aliphatic rings. The second-order valence-corrected chi connectivity index (χ2v) is 6.01. The molecule has 3 nitrogen and oxygen atoms in total. The first kappa shape index (κ1) is 15.3. The summed E-state index contributed by atoms with van der Waals surface area (Å²) in [6.07, 6.45) is 3.69. The van der Waals surface area contributed by atoms with Crippen molar-refractivity contribution in [3.63, 3.8) is 0 Å². The zero-order valence-corrected chi connectivity index (χ0v) is 13.0. The second kappa shape index (κ2) is 7.65. The lowest BCUT2D eigenvalue weighted by molar-refractivity contribution is 0.0771. The van der Waals surface area contributed by atoms with E-state index in [4.69, 9.17) is 4.74 Å². The standard InChI is InChI=1S/C17H28N2O/c1-13(2)20-10-4-8-18-9-7-15-5-6-17-16(12-15)11-14(3)19-17/h5-6,12-14,18-19H,4,7-11H2,1-3H3. The van der Waals surface area contributed by atoms with Gasteiger partial charge in [-0.25, -0.2) is 0 Å². The predicted molar refractivity (Wildman–Crippen MR) is 85.5 cm³/mol. The van der Waals surface area contributed by atoms with Crippen LogP contribution in [0.25, 0.3) is 0 Å². The Bertz CT molecular complexity index is 417. The SMILES string of the molecule is CC1Cc2cc(CCNCCCOC(C)C)ccc2N1. The van der Waals surface area contributed by atoms with Crippen molar-refractivity contribution in [1.82, 2.24) is 5.32 Å². The molecule has 112 valence electrons. The predicted octanol–water partition coefficient (Wildman–Crippen LogP) is 2.99. The van der Waals surface area contributed by atoms with Crippen molar-refractivity contribution in [2.24, 2.45) is 0 Å². The molecule has 1 aliphatic heterocycles. The summed E-state index contributed by atoms with van der Waals surface area (Å²) < 4.78 is 5.52. The lowest BCUT2D eigenvalue weighted by Gasteiger charge is -2.09. The van der Waals surface area contributed by atoms with Crippen LogP contribution in [0.2, 0.25) is 0 Å². The van der Waals surface area contributed by atoms with E-state index >= 15 is 0 Å². The van der Waals surface area contributed by atoms with E-state index in [9.17, 15) is 0 Å². The number of benzene rings is 1. The van der Waals surface area contributed by atoms with Crippen LogP contribution in [0, 0.1) is 0 Å². The number of nitrogens with one attached hydrogen (secondary N) is 2. The van der Waals surface area contributed by atoms with Gasteiger partial charge in [0.2, 0.25) is 0 Å². The van der Waals surface area contributed by atoms with Crippen LogP contribution in [0.4, 0.5) is 5.69 Å². The molecular weight excluding hydrogens is 248 g/mol. The third-order valence-corrected chi connectivity index (χ3v) is 3.64. The maximum absolute atomic E-state index is 5.52. The average Bonchev–Trinajstić information content (AvgIpc) is 2.76. The Morgan fingerprint density at radius 2 is 2.20 bits per heavy atom.